The minimum absolute atomic E-state index is 0.0302. The van der Waals surface area contributed by atoms with Gasteiger partial charge in [-0.2, -0.15) is 0 Å². The first-order chi connectivity index (χ1) is 16.1. The molecular formula is C25H38N5O2PS. The second-order valence-electron chi connectivity index (χ2n) is 8.48. The molecule has 1 unspecified atom stereocenters. The van der Waals surface area contributed by atoms with E-state index in [2.05, 4.69) is 33.5 Å². The van der Waals surface area contributed by atoms with Gasteiger partial charge >= 0.3 is 0 Å². The first kappa shape index (κ1) is 28.1. The molecule has 9 heteroatoms. The number of thioether (sulfide) groups is 1. The van der Waals surface area contributed by atoms with Crippen molar-refractivity contribution in [1.29, 1.82) is 5.41 Å². The second kappa shape index (κ2) is 13.1. The maximum absolute atomic E-state index is 12.9. The van der Waals surface area contributed by atoms with Gasteiger partial charge < -0.3 is 10.2 Å². The number of rotatable bonds is 10. The van der Waals surface area contributed by atoms with Gasteiger partial charge in [-0.25, -0.2) is 4.99 Å². The molecule has 1 atom stereocenters. The number of aliphatic imine (C=N–C) groups is 1. The Kier molecular flexibility index (Phi) is 10.8. The molecule has 2 N–H and O–H groups in total. The molecule has 1 aliphatic heterocycles. The molecule has 34 heavy (non-hydrogen) atoms. The van der Waals surface area contributed by atoms with Crippen molar-refractivity contribution in [1.82, 2.24) is 5.32 Å². The highest BCUT2D eigenvalue weighted by atomic mass is 32.2. The van der Waals surface area contributed by atoms with Crippen molar-refractivity contribution in [2.75, 3.05) is 23.2 Å². The van der Waals surface area contributed by atoms with Crippen LogP contribution >= 0.6 is 21.2 Å². The lowest BCUT2D eigenvalue weighted by atomic mass is 10.1. The lowest BCUT2D eigenvalue weighted by Crippen LogP contribution is -2.31. The minimum atomic E-state index is -0.0603. The molecule has 1 aromatic carbocycles. The van der Waals surface area contributed by atoms with Crippen molar-refractivity contribution in [2.45, 2.75) is 72.0 Å². The molecule has 0 aliphatic carbocycles. The third-order valence-corrected chi connectivity index (χ3v) is 7.85. The van der Waals surface area contributed by atoms with Crippen LogP contribution in [0, 0.1) is 5.41 Å². The monoisotopic (exact) mass is 503 g/mol. The van der Waals surface area contributed by atoms with E-state index in [0.29, 0.717) is 23.2 Å². The highest BCUT2D eigenvalue weighted by molar-refractivity contribution is 8.15. The van der Waals surface area contributed by atoms with Crippen LogP contribution in [-0.4, -0.2) is 41.4 Å². The van der Waals surface area contributed by atoms with Gasteiger partial charge in [0.05, 0.1) is 5.71 Å². The Labute approximate surface area is 210 Å². The Morgan fingerprint density at radius 3 is 2.44 bits per heavy atom. The number of anilines is 2. The van der Waals surface area contributed by atoms with Crippen molar-refractivity contribution in [3.05, 3.63) is 35.2 Å². The molecule has 7 nitrogen and oxygen atoms in total. The van der Waals surface area contributed by atoms with E-state index in [9.17, 15) is 9.59 Å². The number of carbonyl (C=O) groups is 2. The van der Waals surface area contributed by atoms with Crippen LogP contribution in [0.15, 0.2) is 34.6 Å². The number of amides is 1. The van der Waals surface area contributed by atoms with Crippen molar-refractivity contribution in [3.63, 3.8) is 0 Å². The summed E-state index contributed by atoms with van der Waals surface area (Å²) in [5.41, 5.74) is 4.41. The average molecular weight is 504 g/mol. The number of hydrogen-bond donors (Lipinski definition) is 2. The zero-order valence-electron chi connectivity index (χ0n) is 21.2. The van der Waals surface area contributed by atoms with E-state index in [1.807, 2.05) is 30.0 Å². The summed E-state index contributed by atoms with van der Waals surface area (Å²) in [7, 11) is 4.23. The van der Waals surface area contributed by atoms with Gasteiger partial charge in [-0.15, -0.1) is 0 Å². The summed E-state index contributed by atoms with van der Waals surface area (Å²) in [6.45, 7) is 10.0. The number of nitrogens with zero attached hydrogens (tertiary/aromatic N) is 3. The number of benzene rings is 1. The summed E-state index contributed by atoms with van der Waals surface area (Å²) in [5, 5.41) is 12.3. The van der Waals surface area contributed by atoms with Gasteiger partial charge in [0.25, 0.3) is 0 Å². The van der Waals surface area contributed by atoms with Crippen LogP contribution in [0.3, 0.4) is 0 Å². The van der Waals surface area contributed by atoms with Crippen molar-refractivity contribution in [2.24, 2.45) is 4.99 Å². The van der Waals surface area contributed by atoms with Crippen molar-refractivity contribution >= 4 is 55.1 Å². The lowest BCUT2D eigenvalue weighted by molar-refractivity contribution is -0.115. The molecule has 0 saturated carbocycles. The third-order valence-electron chi connectivity index (χ3n) is 5.87. The molecule has 0 bridgehead atoms. The van der Waals surface area contributed by atoms with Crippen LogP contribution in [0.1, 0.15) is 65.9 Å². The number of carbonyl (C=O) groups excluding carboxylic acids is 2. The molecule has 0 fully saturated rings. The number of allylic oxidation sites excluding steroid dienone is 1. The largest absolute Gasteiger partial charge is 0.390 e. The molecule has 0 saturated heterocycles. The fourth-order valence-electron chi connectivity index (χ4n) is 3.87. The molecule has 1 aromatic rings. The van der Waals surface area contributed by atoms with Gasteiger partial charge in [0.1, 0.15) is 5.70 Å². The number of nitrogens with one attached hydrogen (secondary N) is 2. The fourth-order valence-corrected chi connectivity index (χ4v) is 5.26. The first-order valence-electron chi connectivity index (χ1n) is 11.8. The average Bonchev–Trinajstić information content (AvgIpc) is 3.24. The predicted molar refractivity (Wildman–Crippen MR) is 149 cm³/mol. The quantitative estimate of drug-likeness (QED) is 0.257. The van der Waals surface area contributed by atoms with Gasteiger partial charge in [0, 0.05) is 42.8 Å². The molecule has 1 aliphatic rings. The molecule has 0 radical (unpaired) electrons. The highest BCUT2D eigenvalue weighted by Crippen LogP contribution is 2.34. The van der Waals surface area contributed by atoms with E-state index in [1.54, 1.807) is 14.0 Å². The van der Waals surface area contributed by atoms with Gasteiger partial charge in [-0.05, 0) is 66.3 Å². The zero-order chi connectivity index (χ0) is 25.4. The summed E-state index contributed by atoms with van der Waals surface area (Å²) in [6, 6.07) is 5.81. The van der Waals surface area contributed by atoms with E-state index in [4.69, 9.17) is 5.41 Å². The van der Waals surface area contributed by atoms with E-state index in [1.165, 1.54) is 23.4 Å². The second-order valence-corrected chi connectivity index (χ2v) is 10.3. The summed E-state index contributed by atoms with van der Waals surface area (Å²) < 4.78 is 1.53. The summed E-state index contributed by atoms with van der Waals surface area (Å²) in [4.78, 5) is 31.2. The molecule has 0 aromatic heterocycles. The van der Waals surface area contributed by atoms with Gasteiger partial charge in [0.2, 0.25) is 11.0 Å². The van der Waals surface area contributed by atoms with Gasteiger partial charge in [-0.1, -0.05) is 38.5 Å². The molecule has 2 rings (SSSR count). The Morgan fingerprint density at radius 1 is 1.24 bits per heavy atom. The SMILES string of the molecule is CCCC(CCC)SC(=O)C(C)=NC(C(=N)N1CCc2cc(N(P)C(C)=O)ccc21)=C(C)NC. The normalized spacial score (nSPS) is 14.1. The summed E-state index contributed by atoms with van der Waals surface area (Å²) in [5.74, 6) is 0.193. The molecule has 1 heterocycles. The van der Waals surface area contributed by atoms with Crippen LogP contribution < -0.4 is 14.9 Å². The smallest absolute Gasteiger partial charge is 0.233 e. The summed E-state index contributed by atoms with van der Waals surface area (Å²) in [6.07, 6.45) is 4.88. The Balaban J connectivity index is 2.30. The van der Waals surface area contributed by atoms with Crippen LogP contribution in [0.5, 0.6) is 0 Å². The van der Waals surface area contributed by atoms with Crippen LogP contribution in [0.2, 0.25) is 0 Å². The minimum Gasteiger partial charge on any atom is -0.390 e. The number of fused-ring (bicyclic) bond motifs is 1. The van der Waals surface area contributed by atoms with E-state index < -0.39 is 0 Å². The molecule has 0 spiro atoms. The maximum Gasteiger partial charge on any atom is 0.233 e. The van der Waals surface area contributed by atoms with Crippen molar-refractivity contribution in [3.8, 4) is 0 Å². The number of hydrogen-bond acceptors (Lipinski definition) is 6. The van der Waals surface area contributed by atoms with Gasteiger partial charge in [0.15, 0.2) is 5.84 Å². The number of amidine groups is 1. The van der Waals surface area contributed by atoms with E-state index in [-0.39, 0.29) is 16.9 Å². The zero-order valence-corrected chi connectivity index (χ0v) is 23.2. The first-order valence-corrected chi connectivity index (χ1v) is 13.2. The highest BCUT2D eigenvalue weighted by Gasteiger charge is 2.27. The predicted octanol–water partition coefficient (Wildman–Crippen LogP) is 5.31. The Bertz CT molecular complexity index is 986. The Morgan fingerprint density at radius 2 is 1.88 bits per heavy atom. The standard InChI is InChI=1S/C25H38N5O2PS/c1-7-9-21(10-8-2)34-25(32)17(4)28-23(16(3)27-6)24(26)29-14-13-19-15-20(11-12-22(19)29)30(33)18(5)31/h11-12,15,21,26-27H,7-10,13-14,33H2,1-6H3. The third kappa shape index (κ3) is 6.92. The lowest BCUT2D eigenvalue weighted by Gasteiger charge is -2.23. The van der Waals surface area contributed by atoms with E-state index >= 15 is 0 Å². The van der Waals surface area contributed by atoms with E-state index in [0.717, 1.165) is 54.7 Å². The van der Waals surface area contributed by atoms with Crippen LogP contribution in [0.4, 0.5) is 11.4 Å². The topological polar surface area (TPSA) is 88.9 Å². The van der Waals surface area contributed by atoms with Crippen molar-refractivity contribution < 1.29 is 9.59 Å². The fraction of sp³-hybridized carbons (Fsp3) is 0.520. The molecule has 186 valence electrons. The molecular weight excluding hydrogens is 465 g/mol. The van der Waals surface area contributed by atoms with Gasteiger partial charge in [-0.3, -0.25) is 19.7 Å². The Hall–Kier alpha value is -2.18. The summed E-state index contributed by atoms with van der Waals surface area (Å²) >= 11 is 1.37. The van der Waals surface area contributed by atoms with Crippen LogP contribution in [-0.2, 0) is 16.0 Å². The molecule has 1 amide bonds. The maximum atomic E-state index is 12.9. The van der Waals surface area contributed by atoms with Crippen LogP contribution in [0.25, 0.3) is 0 Å².